The molecule has 0 bridgehead atoms. The van der Waals surface area contributed by atoms with Crippen molar-refractivity contribution in [1.29, 1.82) is 0 Å². The average molecular weight is 198 g/mol. The van der Waals surface area contributed by atoms with Gasteiger partial charge in [0.05, 0.1) is 0 Å². The zero-order valence-electron chi connectivity index (χ0n) is 10.5. The Hall–Kier alpha value is -0.0800. The maximum atomic E-state index is 2.63. The van der Waals surface area contributed by atoms with E-state index in [-0.39, 0.29) is 0 Å². The second-order valence-corrected chi connectivity index (χ2v) is 4.96. The van der Waals surface area contributed by atoms with Crippen molar-refractivity contribution in [3.8, 4) is 0 Å². The molecule has 2 nitrogen and oxygen atoms in total. The molecule has 0 aromatic heterocycles. The highest BCUT2D eigenvalue weighted by molar-refractivity contribution is 4.85. The van der Waals surface area contributed by atoms with Gasteiger partial charge in [0, 0.05) is 31.2 Å². The third-order valence-corrected chi connectivity index (χ3v) is 3.42. The molecule has 0 amide bonds. The third-order valence-electron chi connectivity index (χ3n) is 3.42. The average Bonchev–Trinajstić information content (AvgIpc) is 2.53. The second kappa shape index (κ2) is 5.13. The molecule has 84 valence electrons. The fourth-order valence-electron chi connectivity index (χ4n) is 2.55. The largest absolute Gasteiger partial charge is 0.299 e. The summed E-state index contributed by atoms with van der Waals surface area (Å²) in [6, 6.07) is 2.20. The molecule has 0 spiro atoms. The SMILES string of the molecule is CCN(C(C)C)C1CCN(C(C)C)C1. The van der Waals surface area contributed by atoms with Gasteiger partial charge in [0.15, 0.2) is 0 Å². The lowest BCUT2D eigenvalue weighted by Gasteiger charge is -2.32. The Morgan fingerprint density at radius 3 is 2.29 bits per heavy atom. The Morgan fingerprint density at radius 1 is 1.29 bits per heavy atom. The fraction of sp³-hybridized carbons (Fsp3) is 1.00. The molecule has 1 fully saturated rings. The van der Waals surface area contributed by atoms with Crippen LogP contribution in [0.4, 0.5) is 0 Å². The number of hydrogen-bond acceptors (Lipinski definition) is 2. The number of nitrogens with zero attached hydrogens (tertiary/aromatic N) is 2. The molecule has 1 saturated heterocycles. The summed E-state index contributed by atoms with van der Waals surface area (Å²) in [6.45, 7) is 15.2. The summed E-state index contributed by atoms with van der Waals surface area (Å²) in [5.41, 5.74) is 0. The van der Waals surface area contributed by atoms with Crippen molar-refractivity contribution in [3.05, 3.63) is 0 Å². The van der Waals surface area contributed by atoms with Gasteiger partial charge in [-0.05, 0) is 40.7 Å². The minimum Gasteiger partial charge on any atom is -0.299 e. The highest BCUT2D eigenvalue weighted by Crippen LogP contribution is 2.19. The Morgan fingerprint density at radius 2 is 1.93 bits per heavy atom. The van der Waals surface area contributed by atoms with E-state index in [4.69, 9.17) is 0 Å². The van der Waals surface area contributed by atoms with Crippen LogP contribution in [-0.2, 0) is 0 Å². The first-order valence-electron chi connectivity index (χ1n) is 6.06. The molecule has 14 heavy (non-hydrogen) atoms. The summed E-state index contributed by atoms with van der Waals surface area (Å²) in [5.74, 6) is 0. The first-order chi connectivity index (χ1) is 6.56. The molecule has 1 unspecified atom stereocenters. The van der Waals surface area contributed by atoms with Crippen LogP contribution in [-0.4, -0.2) is 47.6 Å². The predicted molar refractivity (Wildman–Crippen MR) is 62.6 cm³/mol. The van der Waals surface area contributed by atoms with Gasteiger partial charge in [-0.1, -0.05) is 6.92 Å². The Kier molecular flexibility index (Phi) is 4.39. The highest BCUT2D eigenvalue weighted by Gasteiger charge is 2.28. The molecule has 0 N–H and O–H groups in total. The minimum atomic E-state index is 0.692. The van der Waals surface area contributed by atoms with Gasteiger partial charge in [-0.15, -0.1) is 0 Å². The molecular formula is C12H26N2. The monoisotopic (exact) mass is 198 g/mol. The van der Waals surface area contributed by atoms with Crippen molar-refractivity contribution in [2.24, 2.45) is 0 Å². The minimum absolute atomic E-state index is 0.692. The molecule has 1 aliphatic heterocycles. The highest BCUT2D eigenvalue weighted by atomic mass is 15.3. The van der Waals surface area contributed by atoms with E-state index in [1.165, 1.54) is 26.1 Å². The molecule has 1 rings (SSSR count). The topological polar surface area (TPSA) is 6.48 Å². The van der Waals surface area contributed by atoms with Crippen LogP contribution in [0.1, 0.15) is 41.0 Å². The van der Waals surface area contributed by atoms with Crippen LogP contribution < -0.4 is 0 Å². The lowest BCUT2D eigenvalue weighted by atomic mass is 10.2. The summed E-state index contributed by atoms with van der Waals surface area (Å²) < 4.78 is 0. The third kappa shape index (κ3) is 2.71. The zero-order chi connectivity index (χ0) is 10.7. The van der Waals surface area contributed by atoms with E-state index in [0.717, 1.165) is 6.04 Å². The van der Waals surface area contributed by atoms with Crippen molar-refractivity contribution in [1.82, 2.24) is 9.80 Å². The van der Waals surface area contributed by atoms with Gasteiger partial charge in [0.25, 0.3) is 0 Å². The van der Waals surface area contributed by atoms with Gasteiger partial charge in [0.1, 0.15) is 0 Å². The summed E-state index contributed by atoms with van der Waals surface area (Å²) in [5, 5.41) is 0. The molecule has 0 aromatic carbocycles. The molecule has 0 saturated carbocycles. The lowest BCUT2D eigenvalue weighted by Crippen LogP contribution is -2.42. The Balaban J connectivity index is 2.47. The fourth-order valence-corrected chi connectivity index (χ4v) is 2.55. The maximum absolute atomic E-state index is 2.63. The van der Waals surface area contributed by atoms with Crippen LogP contribution >= 0.6 is 0 Å². The number of likely N-dealkylation sites (tertiary alicyclic amines) is 1. The normalized spacial score (nSPS) is 24.4. The summed E-state index contributed by atoms with van der Waals surface area (Å²) >= 11 is 0. The molecule has 1 atom stereocenters. The van der Waals surface area contributed by atoms with Crippen LogP contribution in [0.3, 0.4) is 0 Å². The van der Waals surface area contributed by atoms with Crippen LogP contribution in [0.5, 0.6) is 0 Å². The van der Waals surface area contributed by atoms with E-state index in [1.807, 2.05) is 0 Å². The first kappa shape index (κ1) is 12.0. The number of hydrogen-bond donors (Lipinski definition) is 0. The number of rotatable bonds is 4. The zero-order valence-corrected chi connectivity index (χ0v) is 10.5. The van der Waals surface area contributed by atoms with E-state index in [0.29, 0.717) is 12.1 Å². The second-order valence-electron chi connectivity index (χ2n) is 4.96. The van der Waals surface area contributed by atoms with Crippen LogP contribution in [0.15, 0.2) is 0 Å². The van der Waals surface area contributed by atoms with E-state index >= 15 is 0 Å². The smallest absolute Gasteiger partial charge is 0.0238 e. The van der Waals surface area contributed by atoms with Crippen molar-refractivity contribution in [2.45, 2.75) is 59.2 Å². The molecule has 1 heterocycles. The van der Waals surface area contributed by atoms with Crippen molar-refractivity contribution in [2.75, 3.05) is 19.6 Å². The Bertz CT molecular complexity index is 166. The lowest BCUT2D eigenvalue weighted by molar-refractivity contribution is 0.155. The molecule has 0 aliphatic carbocycles. The summed E-state index contributed by atoms with van der Waals surface area (Å²) in [7, 11) is 0. The van der Waals surface area contributed by atoms with Crippen LogP contribution in [0.2, 0.25) is 0 Å². The molecule has 1 aliphatic rings. The van der Waals surface area contributed by atoms with Gasteiger partial charge >= 0.3 is 0 Å². The predicted octanol–water partition coefficient (Wildman–Crippen LogP) is 2.20. The molecule has 0 aromatic rings. The van der Waals surface area contributed by atoms with E-state index in [1.54, 1.807) is 0 Å². The van der Waals surface area contributed by atoms with E-state index in [9.17, 15) is 0 Å². The Labute approximate surface area is 89.3 Å². The maximum Gasteiger partial charge on any atom is 0.0238 e. The van der Waals surface area contributed by atoms with Gasteiger partial charge in [0.2, 0.25) is 0 Å². The van der Waals surface area contributed by atoms with Crippen molar-refractivity contribution >= 4 is 0 Å². The number of likely N-dealkylation sites (N-methyl/N-ethyl adjacent to an activating group) is 1. The van der Waals surface area contributed by atoms with E-state index in [2.05, 4.69) is 44.4 Å². The van der Waals surface area contributed by atoms with Gasteiger partial charge in [-0.25, -0.2) is 0 Å². The van der Waals surface area contributed by atoms with Gasteiger partial charge in [-0.3, -0.25) is 9.80 Å². The van der Waals surface area contributed by atoms with Crippen LogP contribution in [0, 0.1) is 0 Å². The summed E-state index contributed by atoms with van der Waals surface area (Å²) in [6.07, 6.45) is 1.35. The van der Waals surface area contributed by atoms with Crippen molar-refractivity contribution < 1.29 is 0 Å². The molecule has 2 heteroatoms. The summed E-state index contributed by atoms with van der Waals surface area (Å²) in [4.78, 5) is 5.22. The van der Waals surface area contributed by atoms with Gasteiger partial charge in [-0.2, -0.15) is 0 Å². The standard InChI is InChI=1S/C12H26N2/c1-6-14(11(4)5)12-7-8-13(9-12)10(2)3/h10-12H,6-9H2,1-5H3. The van der Waals surface area contributed by atoms with Crippen molar-refractivity contribution in [3.63, 3.8) is 0 Å². The quantitative estimate of drug-likeness (QED) is 0.683. The van der Waals surface area contributed by atoms with Crippen LogP contribution in [0.25, 0.3) is 0 Å². The first-order valence-corrected chi connectivity index (χ1v) is 6.06. The molecule has 0 radical (unpaired) electrons. The van der Waals surface area contributed by atoms with Gasteiger partial charge < -0.3 is 0 Å². The van der Waals surface area contributed by atoms with E-state index < -0.39 is 0 Å². The molecular weight excluding hydrogens is 172 g/mol.